The first-order valence-corrected chi connectivity index (χ1v) is 16.2. The van der Waals surface area contributed by atoms with E-state index >= 15 is 0 Å². The molecule has 2 aliphatic rings. The van der Waals surface area contributed by atoms with Gasteiger partial charge in [0.2, 0.25) is 23.0 Å². The minimum absolute atomic E-state index is 0.0118. The monoisotopic (exact) mass is 638 g/mol. The molecule has 0 saturated carbocycles. The van der Waals surface area contributed by atoms with Crippen molar-refractivity contribution in [1.82, 2.24) is 15.6 Å². The van der Waals surface area contributed by atoms with Crippen LogP contribution in [0.4, 0.5) is 5.69 Å². The summed E-state index contributed by atoms with van der Waals surface area (Å²) in [6.07, 6.45) is 5.04. The predicted octanol–water partition coefficient (Wildman–Crippen LogP) is 5.73. The number of amides is 2. The molecule has 0 aliphatic heterocycles. The van der Waals surface area contributed by atoms with Crippen molar-refractivity contribution in [2.24, 2.45) is 0 Å². The second kappa shape index (κ2) is 13.8. The van der Waals surface area contributed by atoms with Crippen molar-refractivity contribution in [2.75, 3.05) is 33.2 Å². The molecule has 4 aromatic rings. The van der Waals surface area contributed by atoms with Crippen molar-refractivity contribution in [3.8, 4) is 28.4 Å². The van der Waals surface area contributed by atoms with Gasteiger partial charge in [0.25, 0.3) is 0 Å². The van der Waals surface area contributed by atoms with Crippen LogP contribution in [0.3, 0.4) is 0 Å². The minimum Gasteiger partial charge on any atom is -0.493 e. The largest absolute Gasteiger partial charge is 0.493 e. The third-order valence-electron chi connectivity index (χ3n) is 9.26. The quantitative estimate of drug-likeness (QED) is 0.163. The van der Waals surface area contributed by atoms with Crippen molar-refractivity contribution in [2.45, 2.75) is 64.0 Å². The molecule has 246 valence electrons. The molecular weight excluding hydrogens is 596 g/mol. The Balaban J connectivity index is 1.20. The number of hydrogen-bond acceptors (Lipinski definition) is 7. The van der Waals surface area contributed by atoms with Crippen LogP contribution in [0.25, 0.3) is 22.0 Å². The van der Waals surface area contributed by atoms with Crippen molar-refractivity contribution in [3.05, 3.63) is 81.1 Å². The number of rotatable bonds is 10. The third-order valence-corrected chi connectivity index (χ3v) is 9.26. The molecule has 1 unspecified atom stereocenters. The van der Waals surface area contributed by atoms with Gasteiger partial charge >= 0.3 is 0 Å². The summed E-state index contributed by atoms with van der Waals surface area (Å²) in [6, 6.07) is 15.0. The number of aromatic nitrogens is 1. The van der Waals surface area contributed by atoms with Gasteiger partial charge in [-0.25, -0.2) is 0 Å². The highest BCUT2D eigenvalue weighted by molar-refractivity contribution is 5.86. The van der Waals surface area contributed by atoms with E-state index in [9.17, 15) is 14.4 Å². The Kier molecular flexibility index (Phi) is 9.38. The summed E-state index contributed by atoms with van der Waals surface area (Å²) in [5.74, 6) is 1.31. The summed E-state index contributed by atoms with van der Waals surface area (Å²) >= 11 is 0. The van der Waals surface area contributed by atoms with E-state index in [1.807, 2.05) is 24.3 Å². The first-order valence-electron chi connectivity index (χ1n) is 16.2. The molecule has 4 N–H and O–H groups in total. The Hall–Kier alpha value is -4.99. The Morgan fingerprint density at radius 2 is 1.72 bits per heavy atom. The number of aryl methyl sites for hydroxylation is 2. The molecule has 0 saturated heterocycles. The third kappa shape index (κ3) is 6.37. The van der Waals surface area contributed by atoms with Gasteiger partial charge in [0.15, 0.2) is 11.5 Å². The first-order chi connectivity index (χ1) is 22.8. The minimum atomic E-state index is -0.384. The van der Waals surface area contributed by atoms with Crippen molar-refractivity contribution in [3.63, 3.8) is 0 Å². The van der Waals surface area contributed by atoms with E-state index in [-0.39, 0.29) is 29.3 Å². The number of para-hydroxylation sites is 1. The Labute approximate surface area is 274 Å². The van der Waals surface area contributed by atoms with Crippen LogP contribution in [-0.2, 0) is 22.4 Å². The summed E-state index contributed by atoms with van der Waals surface area (Å²) in [4.78, 5) is 42.3. The average molecular weight is 639 g/mol. The van der Waals surface area contributed by atoms with Crippen molar-refractivity contribution < 1.29 is 23.8 Å². The highest BCUT2D eigenvalue weighted by atomic mass is 16.5. The lowest BCUT2D eigenvalue weighted by molar-refractivity contribution is -0.122. The number of anilines is 1. The fraction of sp³-hybridized carbons (Fsp3) is 0.378. The SMILES string of the molecule is COc1cc2c(c(OC)c1OC)-c1ccc(NCCCC(=O)NC3CCCc4c3[nH]c3ccccc43)c(=O)cc1[C@@H](NC(C)=O)CC2. The normalized spacial score (nSPS) is 16.6. The van der Waals surface area contributed by atoms with Gasteiger partial charge in [-0.3, -0.25) is 14.4 Å². The van der Waals surface area contributed by atoms with Gasteiger partial charge in [0.05, 0.1) is 39.1 Å². The molecule has 0 spiro atoms. The maximum Gasteiger partial charge on any atom is 0.220 e. The van der Waals surface area contributed by atoms with E-state index in [0.29, 0.717) is 60.7 Å². The Bertz CT molecular complexity index is 1880. The second-order valence-electron chi connectivity index (χ2n) is 12.2. The molecule has 1 aromatic heterocycles. The van der Waals surface area contributed by atoms with E-state index in [4.69, 9.17) is 14.2 Å². The molecule has 2 amide bonds. The molecule has 47 heavy (non-hydrogen) atoms. The summed E-state index contributed by atoms with van der Waals surface area (Å²) < 4.78 is 17.1. The molecule has 0 radical (unpaired) electrons. The first kappa shape index (κ1) is 32.0. The number of H-pyrrole nitrogens is 1. The van der Waals surface area contributed by atoms with Crippen LogP contribution in [0.15, 0.2) is 53.3 Å². The van der Waals surface area contributed by atoms with Crippen molar-refractivity contribution >= 4 is 28.4 Å². The smallest absolute Gasteiger partial charge is 0.220 e. The van der Waals surface area contributed by atoms with Gasteiger partial charge in [0.1, 0.15) is 0 Å². The standard InChI is InChI=1S/C37H42N4O6/c1-21(42)39-28-16-14-22-19-32(45-2)36(46-3)37(47-4)34(22)24-15-17-29(31(43)20-26(24)28)38-18-8-13-33(44)40-30-12-7-10-25-23-9-5-6-11-27(23)41-35(25)30/h5-6,9,11,15,17,19-20,28,30,41H,7-8,10,12-14,16,18H2,1-4H3,(H,38,43)(H,39,42)(H,40,44)/t28-,30?/m0/s1. The second-order valence-corrected chi connectivity index (χ2v) is 12.2. The number of ether oxygens (including phenoxy) is 3. The van der Waals surface area contributed by atoms with Crippen LogP contribution < -0.4 is 35.6 Å². The van der Waals surface area contributed by atoms with Crippen LogP contribution in [0.1, 0.15) is 73.5 Å². The predicted molar refractivity (Wildman–Crippen MR) is 183 cm³/mol. The molecule has 3 aromatic carbocycles. The van der Waals surface area contributed by atoms with Gasteiger partial charge in [-0.05, 0) is 85.0 Å². The van der Waals surface area contributed by atoms with Gasteiger partial charge in [0, 0.05) is 42.0 Å². The number of nitrogens with one attached hydrogen (secondary N) is 4. The summed E-state index contributed by atoms with van der Waals surface area (Å²) in [5, 5.41) is 10.7. The Morgan fingerprint density at radius 3 is 2.49 bits per heavy atom. The highest BCUT2D eigenvalue weighted by Crippen LogP contribution is 2.50. The Morgan fingerprint density at radius 1 is 0.915 bits per heavy atom. The fourth-order valence-electron chi connectivity index (χ4n) is 7.15. The van der Waals surface area contributed by atoms with E-state index < -0.39 is 0 Å². The number of carbonyl (C=O) groups excluding carboxylic acids is 2. The molecule has 10 heteroatoms. The lowest BCUT2D eigenvalue weighted by Crippen LogP contribution is -2.31. The zero-order valence-electron chi connectivity index (χ0n) is 27.4. The lowest BCUT2D eigenvalue weighted by atomic mass is 9.91. The maximum atomic E-state index is 13.6. The van der Waals surface area contributed by atoms with Crippen molar-refractivity contribution in [1.29, 1.82) is 0 Å². The summed E-state index contributed by atoms with van der Waals surface area (Å²) in [6.45, 7) is 1.92. The number of carbonyl (C=O) groups is 2. The van der Waals surface area contributed by atoms with Gasteiger partial charge < -0.3 is 35.1 Å². The zero-order valence-corrected chi connectivity index (χ0v) is 27.4. The number of benzene rings is 2. The van der Waals surface area contributed by atoms with E-state index in [1.165, 1.54) is 17.9 Å². The number of aromatic amines is 1. The van der Waals surface area contributed by atoms with Gasteiger partial charge in [-0.15, -0.1) is 0 Å². The van der Waals surface area contributed by atoms with E-state index in [2.05, 4.69) is 33.1 Å². The average Bonchev–Trinajstić information content (AvgIpc) is 3.30. The number of hydrogen-bond donors (Lipinski definition) is 4. The highest BCUT2D eigenvalue weighted by Gasteiger charge is 2.30. The molecular formula is C37H42N4O6. The van der Waals surface area contributed by atoms with E-state index in [1.54, 1.807) is 33.5 Å². The van der Waals surface area contributed by atoms with E-state index in [0.717, 1.165) is 47.2 Å². The molecule has 2 atom stereocenters. The van der Waals surface area contributed by atoms with Crippen LogP contribution in [0.5, 0.6) is 17.2 Å². The number of fused-ring (bicyclic) bond motifs is 6. The molecule has 6 rings (SSSR count). The summed E-state index contributed by atoms with van der Waals surface area (Å²) in [7, 11) is 4.71. The molecule has 2 aliphatic carbocycles. The number of methoxy groups -OCH3 is 3. The fourth-order valence-corrected chi connectivity index (χ4v) is 7.15. The van der Waals surface area contributed by atoms with Crippen LogP contribution in [0.2, 0.25) is 0 Å². The molecule has 10 nitrogen and oxygen atoms in total. The van der Waals surface area contributed by atoms with Crippen LogP contribution >= 0.6 is 0 Å². The topological polar surface area (TPSA) is 131 Å². The zero-order chi connectivity index (χ0) is 33.1. The molecule has 0 bridgehead atoms. The van der Waals surface area contributed by atoms with Crippen LogP contribution in [-0.4, -0.2) is 44.7 Å². The lowest BCUT2D eigenvalue weighted by Gasteiger charge is -2.24. The molecule has 1 heterocycles. The maximum absolute atomic E-state index is 13.6. The summed E-state index contributed by atoms with van der Waals surface area (Å²) in [5.41, 5.74) is 6.96. The van der Waals surface area contributed by atoms with Gasteiger partial charge in [-0.2, -0.15) is 0 Å². The van der Waals surface area contributed by atoms with Crippen LogP contribution in [0, 0.1) is 0 Å². The van der Waals surface area contributed by atoms with Gasteiger partial charge in [-0.1, -0.05) is 24.3 Å². The molecule has 0 fully saturated rings.